The topological polar surface area (TPSA) is 72.2 Å². The van der Waals surface area contributed by atoms with E-state index in [1.807, 2.05) is 13.2 Å². The van der Waals surface area contributed by atoms with Gasteiger partial charge in [-0.3, -0.25) is 0 Å². The molecule has 1 aromatic rings. The van der Waals surface area contributed by atoms with Crippen molar-refractivity contribution in [2.45, 2.75) is 11.8 Å². The summed E-state index contributed by atoms with van der Waals surface area (Å²) in [5.74, 6) is 1.19. The highest BCUT2D eigenvalue weighted by Gasteiger charge is 2.15. The number of hydrogen-bond donors (Lipinski definition) is 2. The van der Waals surface area contributed by atoms with Crippen LogP contribution in [0.25, 0.3) is 0 Å². The third-order valence-corrected chi connectivity index (χ3v) is 5.06. The molecule has 0 aromatic heterocycles. The number of thiocarbonyl (C=S) groups is 1. The van der Waals surface area contributed by atoms with Gasteiger partial charge in [-0.25, -0.2) is 13.1 Å². The van der Waals surface area contributed by atoms with E-state index in [4.69, 9.17) is 18.0 Å². The summed E-state index contributed by atoms with van der Waals surface area (Å²) >= 11 is 6.54. The normalized spacial score (nSPS) is 13.2. The molecular formula is C12H18N2O2S3. The van der Waals surface area contributed by atoms with Crippen molar-refractivity contribution in [3.8, 4) is 0 Å². The lowest BCUT2D eigenvalue weighted by molar-refractivity contribution is 0.562. The molecule has 7 heteroatoms. The summed E-state index contributed by atoms with van der Waals surface area (Å²) in [6.07, 6.45) is 2.00. The van der Waals surface area contributed by atoms with E-state index in [0.29, 0.717) is 12.1 Å². The van der Waals surface area contributed by atoms with Gasteiger partial charge in [0.1, 0.15) is 4.99 Å². The highest BCUT2D eigenvalue weighted by Crippen LogP contribution is 2.12. The Balaban J connectivity index is 2.83. The Morgan fingerprint density at radius 3 is 2.79 bits per heavy atom. The van der Waals surface area contributed by atoms with Crippen molar-refractivity contribution in [3.05, 3.63) is 29.8 Å². The average molecular weight is 318 g/mol. The molecule has 3 N–H and O–H groups in total. The molecule has 0 aliphatic heterocycles. The summed E-state index contributed by atoms with van der Waals surface area (Å²) in [6.45, 7) is 2.42. The zero-order valence-electron chi connectivity index (χ0n) is 10.9. The third kappa shape index (κ3) is 5.10. The molecule has 1 aromatic carbocycles. The monoisotopic (exact) mass is 318 g/mol. The van der Waals surface area contributed by atoms with Crippen LogP contribution in [-0.2, 0) is 10.0 Å². The maximum absolute atomic E-state index is 12.1. The van der Waals surface area contributed by atoms with Crippen LogP contribution in [0.1, 0.15) is 12.5 Å². The van der Waals surface area contributed by atoms with Gasteiger partial charge in [0.05, 0.1) is 4.90 Å². The molecule has 0 saturated heterocycles. The summed E-state index contributed by atoms with van der Waals surface area (Å²) in [6, 6.07) is 6.35. The van der Waals surface area contributed by atoms with E-state index >= 15 is 0 Å². The lowest BCUT2D eigenvalue weighted by Gasteiger charge is -2.12. The fourth-order valence-corrected chi connectivity index (χ4v) is 3.52. The van der Waals surface area contributed by atoms with Gasteiger partial charge in [0.2, 0.25) is 10.0 Å². The fourth-order valence-electron chi connectivity index (χ4n) is 1.50. The number of nitrogens with one attached hydrogen (secondary N) is 1. The van der Waals surface area contributed by atoms with Crippen molar-refractivity contribution in [2.24, 2.45) is 11.7 Å². The van der Waals surface area contributed by atoms with Gasteiger partial charge in [-0.1, -0.05) is 31.3 Å². The first kappa shape index (κ1) is 16.4. The summed E-state index contributed by atoms with van der Waals surface area (Å²) in [5.41, 5.74) is 6.05. The number of sulfonamides is 1. The molecule has 0 heterocycles. The van der Waals surface area contributed by atoms with Gasteiger partial charge in [-0.05, 0) is 30.1 Å². The molecule has 0 fully saturated rings. The molecule has 106 valence electrons. The molecule has 4 nitrogen and oxygen atoms in total. The van der Waals surface area contributed by atoms with Crippen LogP contribution < -0.4 is 10.5 Å². The van der Waals surface area contributed by atoms with Gasteiger partial charge in [-0.15, -0.1) is 0 Å². The Kier molecular flexibility index (Phi) is 6.25. The fraction of sp³-hybridized carbons (Fsp3) is 0.417. The van der Waals surface area contributed by atoms with Crippen molar-refractivity contribution in [1.29, 1.82) is 0 Å². The predicted molar refractivity (Wildman–Crippen MR) is 85.1 cm³/mol. The molecule has 1 atom stereocenters. The molecule has 0 aliphatic carbocycles. The second-order valence-electron chi connectivity index (χ2n) is 4.30. The molecule has 0 aliphatic rings. The van der Waals surface area contributed by atoms with Crippen LogP contribution in [0.4, 0.5) is 0 Å². The number of rotatable bonds is 7. The predicted octanol–water partition coefficient (Wildman–Crippen LogP) is 1.60. The summed E-state index contributed by atoms with van der Waals surface area (Å²) in [4.78, 5) is 0.377. The quantitative estimate of drug-likeness (QED) is 0.747. The van der Waals surface area contributed by atoms with E-state index in [0.717, 1.165) is 5.75 Å². The summed E-state index contributed by atoms with van der Waals surface area (Å²) < 4.78 is 26.8. The molecule has 1 rings (SSSR count). The van der Waals surface area contributed by atoms with Crippen LogP contribution in [0.2, 0.25) is 0 Å². The lowest BCUT2D eigenvalue weighted by Crippen LogP contribution is -2.29. The molecule has 0 bridgehead atoms. The first-order valence-electron chi connectivity index (χ1n) is 5.75. The number of thioether (sulfide) groups is 1. The van der Waals surface area contributed by atoms with Gasteiger partial charge in [0.25, 0.3) is 0 Å². The largest absolute Gasteiger partial charge is 0.389 e. The SMILES string of the molecule is CSCC(C)CNS(=O)(=O)c1cccc(C(N)=S)c1. The average Bonchev–Trinajstić information content (AvgIpc) is 2.37. The Morgan fingerprint density at radius 2 is 2.21 bits per heavy atom. The van der Waals surface area contributed by atoms with Gasteiger partial charge >= 0.3 is 0 Å². The summed E-state index contributed by atoms with van der Waals surface area (Å²) in [5, 5.41) is 0. The maximum Gasteiger partial charge on any atom is 0.240 e. The standard InChI is InChI=1S/C12H18N2O2S3/c1-9(8-18-2)7-14-19(15,16)11-5-3-4-10(6-11)12(13)17/h3-6,9,14H,7-8H2,1-2H3,(H2,13,17). The van der Waals surface area contributed by atoms with E-state index in [1.165, 1.54) is 12.1 Å². The van der Waals surface area contributed by atoms with Gasteiger partial charge in [0, 0.05) is 12.1 Å². The minimum atomic E-state index is -3.50. The first-order valence-corrected chi connectivity index (χ1v) is 9.04. The van der Waals surface area contributed by atoms with Crippen LogP contribution >= 0.6 is 24.0 Å². The van der Waals surface area contributed by atoms with E-state index in [-0.39, 0.29) is 15.8 Å². The smallest absolute Gasteiger partial charge is 0.240 e. The van der Waals surface area contributed by atoms with E-state index < -0.39 is 10.0 Å². The molecule has 0 saturated carbocycles. The minimum absolute atomic E-state index is 0.188. The van der Waals surface area contributed by atoms with Crippen molar-refractivity contribution in [1.82, 2.24) is 4.72 Å². The lowest BCUT2D eigenvalue weighted by atomic mass is 10.2. The van der Waals surface area contributed by atoms with Gasteiger partial charge < -0.3 is 5.73 Å². The van der Waals surface area contributed by atoms with Crippen LogP contribution in [0.3, 0.4) is 0 Å². The third-order valence-electron chi connectivity index (χ3n) is 2.50. The summed E-state index contributed by atoms with van der Waals surface area (Å²) in [7, 11) is -3.50. The van der Waals surface area contributed by atoms with E-state index in [1.54, 1.807) is 23.9 Å². The van der Waals surface area contributed by atoms with Crippen molar-refractivity contribution in [3.63, 3.8) is 0 Å². The van der Waals surface area contributed by atoms with Crippen molar-refractivity contribution >= 4 is 39.0 Å². The molecule has 0 spiro atoms. The van der Waals surface area contributed by atoms with Crippen LogP contribution in [-0.4, -0.2) is 32.0 Å². The molecule has 1 unspecified atom stereocenters. The zero-order valence-corrected chi connectivity index (χ0v) is 13.4. The molecular weight excluding hydrogens is 300 g/mol. The second-order valence-corrected chi connectivity index (χ2v) is 7.42. The van der Waals surface area contributed by atoms with Gasteiger partial charge in [0.15, 0.2) is 0 Å². The van der Waals surface area contributed by atoms with Crippen LogP contribution in [0, 0.1) is 5.92 Å². The number of benzene rings is 1. The van der Waals surface area contributed by atoms with Gasteiger partial charge in [-0.2, -0.15) is 11.8 Å². The Labute approximate surface area is 124 Å². The Bertz CT molecular complexity index is 544. The van der Waals surface area contributed by atoms with E-state index in [2.05, 4.69) is 4.72 Å². The molecule has 19 heavy (non-hydrogen) atoms. The van der Waals surface area contributed by atoms with Crippen molar-refractivity contribution in [2.75, 3.05) is 18.6 Å². The Morgan fingerprint density at radius 1 is 1.53 bits per heavy atom. The van der Waals surface area contributed by atoms with Crippen molar-refractivity contribution < 1.29 is 8.42 Å². The van der Waals surface area contributed by atoms with Crippen LogP contribution in [0.15, 0.2) is 29.2 Å². The maximum atomic E-state index is 12.1. The molecule has 0 amide bonds. The molecule has 0 radical (unpaired) electrons. The minimum Gasteiger partial charge on any atom is -0.389 e. The van der Waals surface area contributed by atoms with Crippen LogP contribution in [0.5, 0.6) is 0 Å². The highest BCUT2D eigenvalue weighted by molar-refractivity contribution is 7.98. The van der Waals surface area contributed by atoms with E-state index in [9.17, 15) is 8.42 Å². The number of nitrogens with two attached hydrogens (primary N) is 1. The Hall–Kier alpha value is -0.630. The highest BCUT2D eigenvalue weighted by atomic mass is 32.2. The first-order chi connectivity index (χ1) is 8.86. The zero-order chi connectivity index (χ0) is 14.5. The number of hydrogen-bond acceptors (Lipinski definition) is 4. The second kappa shape index (κ2) is 7.23.